The average molecular weight is 396 g/mol. The first kappa shape index (κ1) is 15.3. The number of ether oxygens (including phenoxy) is 1. The highest BCUT2D eigenvalue weighted by Crippen LogP contribution is 2.36. The molecule has 2 heterocycles. The van der Waals surface area contributed by atoms with Crippen LogP contribution >= 0.6 is 39.9 Å². The van der Waals surface area contributed by atoms with Crippen LogP contribution in [0.2, 0.25) is 0 Å². The van der Waals surface area contributed by atoms with Gasteiger partial charge < -0.3 is 9.15 Å². The summed E-state index contributed by atoms with van der Waals surface area (Å²) in [6.07, 6.45) is 1.69. The van der Waals surface area contributed by atoms with E-state index in [1.807, 2.05) is 0 Å². The third-order valence-corrected chi connectivity index (χ3v) is 4.72. The zero-order valence-electron chi connectivity index (χ0n) is 11.4. The number of methoxy groups -OCH3 is 1. The molecule has 1 fully saturated rings. The summed E-state index contributed by atoms with van der Waals surface area (Å²) in [7, 11) is 1.60. The molecule has 1 aliphatic rings. The summed E-state index contributed by atoms with van der Waals surface area (Å²) in [5.74, 6) is 1.17. The van der Waals surface area contributed by atoms with Gasteiger partial charge in [0.1, 0.15) is 11.5 Å². The van der Waals surface area contributed by atoms with Crippen LogP contribution in [0.1, 0.15) is 5.76 Å². The van der Waals surface area contributed by atoms with Gasteiger partial charge in [-0.15, -0.1) is 0 Å². The fourth-order valence-electron chi connectivity index (χ4n) is 1.96. The molecule has 3 rings (SSSR count). The molecule has 0 radical (unpaired) electrons. The van der Waals surface area contributed by atoms with Crippen LogP contribution < -0.4 is 9.64 Å². The number of benzene rings is 1. The van der Waals surface area contributed by atoms with Gasteiger partial charge in [-0.05, 0) is 52.3 Å². The molecule has 1 amide bonds. The van der Waals surface area contributed by atoms with E-state index >= 15 is 0 Å². The molecule has 1 saturated heterocycles. The lowest BCUT2D eigenvalue weighted by atomic mass is 10.2. The second-order valence-corrected chi connectivity index (χ2v) is 6.81. The van der Waals surface area contributed by atoms with Crippen molar-refractivity contribution in [2.45, 2.75) is 0 Å². The van der Waals surface area contributed by atoms with Crippen molar-refractivity contribution < 1.29 is 13.9 Å². The number of carbonyl (C=O) groups is 1. The Morgan fingerprint density at radius 3 is 2.59 bits per heavy atom. The molecule has 0 N–H and O–H groups in total. The van der Waals surface area contributed by atoms with E-state index in [4.69, 9.17) is 21.4 Å². The molecule has 0 spiro atoms. The van der Waals surface area contributed by atoms with Crippen LogP contribution in [0.3, 0.4) is 0 Å². The Hall–Kier alpha value is -1.57. The standard InChI is InChI=1S/C15H10BrNO3S2/c1-19-10-4-2-9(3-5-10)17-14(18)12(22-15(17)21)8-11-6-7-13(16)20-11/h2-8H,1H3/b12-8+. The molecule has 0 bridgehead atoms. The van der Waals surface area contributed by atoms with E-state index in [1.54, 1.807) is 49.6 Å². The number of rotatable bonds is 3. The fourth-order valence-corrected chi connectivity index (χ4v) is 3.55. The van der Waals surface area contributed by atoms with Crippen molar-refractivity contribution in [3.63, 3.8) is 0 Å². The number of anilines is 1. The van der Waals surface area contributed by atoms with Gasteiger partial charge in [-0.25, -0.2) is 0 Å². The van der Waals surface area contributed by atoms with Crippen LogP contribution in [0.4, 0.5) is 5.69 Å². The van der Waals surface area contributed by atoms with E-state index in [0.29, 0.717) is 25.3 Å². The number of thioether (sulfide) groups is 1. The Labute approximate surface area is 145 Å². The van der Waals surface area contributed by atoms with Crippen molar-refractivity contribution in [1.82, 2.24) is 0 Å². The lowest BCUT2D eigenvalue weighted by Gasteiger charge is -2.14. The smallest absolute Gasteiger partial charge is 0.270 e. The van der Waals surface area contributed by atoms with Gasteiger partial charge in [0.25, 0.3) is 5.91 Å². The second-order valence-electron chi connectivity index (χ2n) is 4.36. The molecule has 0 atom stereocenters. The molecule has 0 aliphatic carbocycles. The molecule has 2 aromatic rings. The SMILES string of the molecule is COc1ccc(N2C(=O)/C(=C\c3ccc(Br)o3)SC2=S)cc1. The maximum atomic E-state index is 12.5. The van der Waals surface area contributed by atoms with Crippen LogP contribution in [0.5, 0.6) is 5.75 Å². The predicted octanol–water partition coefficient (Wildman–Crippen LogP) is 4.46. The molecule has 4 nitrogen and oxygen atoms in total. The Morgan fingerprint density at radius 2 is 2.00 bits per heavy atom. The van der Waals surface area contributed by atoms with Crippen LogP contribution in [-0.2, 0) is 4.79 Å². The number of amides is 1. The van der Waals surface area contributed by atoms with Crippen molar-refractivity contribution in [2.24, 2.45) is 0 Å². The molecule has 1 aliphatic heterocycles. The highest BCUT2D eigenvalue weighted by atomic mass is 79.9. The van der Waals surface area contributed by atoms with E-state index < -0.39 is 0 Å². The minimum atomic E-state index is -0.160. The van der Waals surface area contributed by atoms with E-state index in [0.717, 1.165) is 5.75 Å². The first-order valence-electron chi connectivity index (χ1n) is 6.26. The van der Waals surface area contributed by atoms with E-state index in [2.05, 4.69) is 15.9 Å². The number of nitrogens with zero attached hydrogens (tertiary/aromatic N) is 1. The second kappa shape index (κ2) is 6.28. The molecule has 112 valence electrons. The first-order chi connectivity index (χ1) is 10.6. The molecular weight excluding hydrogens is 386 g/mol. The van der Waals surface area contributed by atoms with Gasteiger partial charge in [0.2, 0.25) is 0 Å². The summed E-state index contributed by atoms with van der Waals surface area (Å²) in [5.41, 5.74) is 0.715. The highest BCUT2D eigenvalue weighted by molar-refractivity contribution is 9.10. The Balaban J connectivity index is 1.89. The summed E-state index contributed by atoms with van der Waals surface area (Å²) >= 11 is 9.80. The number of thiocarbonyl (C=S) groups is 1. The van der Waals surface area contributed by atoms with Crippen molar-refractivity contribution in [3.8, 4) is 5.75 Å². The third-order valence-electron chi connectivity index (χ3n) is 2.99. The minimum absolute atomic E-state index is 0.160. The number of carbonyl (C=O) groups excluding carboxylic acids is 1. The summed E-state index contributed by atoms with van der Waals surface area (Å²) < 4.78 is 11.6. The number of halogens is 1. The lowest BCUT2D eigenvalue weighted by molar-refractivity contribution is -0.113. The van der Waals surface area contributed by atoms with Crippen molar-refractivity contribution >= 4 is 61.9 Å². The average Bonchev–Trinajstić information content (AvgIpc) is 3.03. The molecular formula is C15H10BrNO3S2. The Morgan fingerprint density at radius 1 is 1.27 bits per heavy atom. The number of hydrogen-bond donors (Lipinski definition) is 0. The molecule has 1 aromatic carbocycles. The van der Waals surface area contributed by atoms with Gasteiger partial charge in [-0.1, -0.05) is 24.0 Å². The van der Waals surface area contributed by atoms with Crippen LogP contribution in [0.15, 0.2) is 50.4 Å². The molecule has 7 heteroatoms. The van der Waals surface area contributed by atoms with Crippen molar-refractivity contribution in [2.75, 3.05) is 12.0 Å². The topological polar surface area (TPSA) is 42.7 Å². The molecule has 0 unspecified atom stereocenters. The van der Waals surface area contributed by atoms with Crippen LogP contribution in [-0.4, -0.2) is 17.3 Å². The summed E-state index contributed by atoms with van der Waals surface area (Å²) in [6, 6.07) is 10.7. The molecule has 22 heavy (non-hydrogen) atoms. The molecule has 0 saturated carbocycles. The van der Waals surface area contributed by atoms with E-state index in [-0.39, 0.29) is 5.91 Å². The Kier molecular flexibility index (Phi) is 4.37. The zero-order valence-corrected chi connectivity index (χ0v) is 14.6. The fraction of sp³-hybridized carbons (Fsp3) is 0.0667. The van der Waals surface area contributed by atoms with E-state index in [9.17, 15) is 4.79 Å². The predicted molar refractivity (Wildman–Crippen MR) is 95.1 cm³/mol. The van der Waals surface area contributed by atoms with Crippen LogP contribution in [0.25, 0.3) is 6.08 Å². The number of hydrogen-bond acceptors (Lipinski definition) is 5. The molecule has 1 aromatic heterocycles. The Bertz CT molecular complexity index is 767. The van der Waals surface area contributed by atoms with Crippen molar-refractivity contribution in [3.05, 3.63) is 51.7 Å². The van der Waals surface area contributed by atoms with Gasteiger partial charge in [0.05, 0.1) is 17.7 Å². The third kappa shape index (κ3) is 2.97. The largest absolute Gasteiger partial charge is 0.497 e. The van der Waals surface area contributed by atoms with Gasteiger partial charge in [-0.2, -0.15) is 0 Å². The highest BCUT2D eigenvalue weighted by Gasteiger charge is 2.33. The summed E-state index contributed by atoms with van der Waals surface area (Å²) in [5, 5.41) is 0. The maximum absolute atomic E-state index is 12.5. The monoisotopic (exact) mass is 395 g/mol. The zero-order chi connectivity index (χ0) is 15.7. The minimum Gasteiger partial charge on any atom is -0.497 e. The first-order valence-corrected chi connectivity index (χ1v) is 8.27. The summed E-state index contributed by atoms with van der Waals surface area (Å²) in [4.78, 5) is 14.6. The number of furan rings is 1. The van der Waals surface area contributed by atoms with Gasteiger partial charge in [0, 0.05) is 6.08 Å². The normalized spacial score (nSPS) is 16.6. The maximum Gasteiger partial charge on any atom is 0.270 e. The lowest BCUT2D eigenvalue weighted by Crippen LogP contribution is -2.27. The van der Waals surface area contributed by atoms with Crippen molar-refractivity contribution in [1.29, 1.82) is 0 Å². The van der Waals surface area contributed by atoms with E-state index in [1.165, 1.54) is 16.7 Å². The van der Waals surface area contributed by atoms with Gasteiger partial charge >= 0.3 is 0 Å². The van der Waals surface area contributed by atoms with Gasteiger partial charge in [-0.3, -0.25) is 9.69 Å². The quantitative estimate of drug-likeness (QED) is 0.566. The van der Waals surface area contributed by atoms with Crippen LogP contribution in [0, 0.1) is 0 Å². The summed E-state index contributed by atoms with van der Waals surface area (Å²) in [6.45, 7) is 0. The van der Waals surface area contributed by atoms with Gasteiger partial charge in [0.15, 0.2) is 8.99 Å².